The number of nitrogens with one attached hydrogen (secondary N) is 2. The lowest BCUT2D eigenvalue weighted by Crippen LogP contribution is -2.11. The molecular weight excluding hydrogens is 246 g/mol. The maximum absolute atomic E-state index is 7.39. The first kappa shape index (κ1) is 12.6. The molecule has 0 aliphatic rings. The Kier molecular flexibility index (Phi) is 3.66. The fourth-order valence-corrected chi connectivity index (χ4v) is 2.47. The lowest BCUT2D eigenvalue weighted by molar-refractivity contribution is 0.969. The SMILES string of the molecule is Cc1nc(SCc2ccc(C(=N)N)cc2C)n[nH]1. The number of H-pyrrole nitrogens is 1. The molecule has 0 saturated heterocycles. The van der Waals surface area contributed by atoms with Gasteiger partial charge in [0, 0.05) is 11.3 Å². The summed E-state index contributed by atoms with van der Waals surface area (Å²) in [5, 5.41) is 15.0. The molecule has 0 saturated carbocycles. The normalized spacial score (nSPS) is 10.6. The smallest absolute Gasteiger partial charge is 0.208 e. The lowest BCUT2D eigenvalue weighted by atomic mass is 10.1. The highest BCUT2D eigenvalue weighted by atomic mass is 32.2. The van der Waals surface area contributed by atoms with E-state index in [0.29, 0.717) is 0 Å². The summed E-state index contributed by atoms with van der Waals surface area (Å²) < 4.78 is 0. The Hall–Kier alpha value is -1.82. The van der Waals surface area contributed by atoms with Gasteiger partial charge in [-0.05, 0) is 31.0 Å². The van der Waals surface area contributed by atoms with E-state index in [1.54, 1.807) is 11.8 Å². The van der Waals surface area contributed by atoms with Gasteiger partial charge < -0.3 is 5.73 Å². The molecule has 0 fully saturated rings. The van der Waals surface area contributed by atoms with Gasteiger partial charge in [-0.25, -0.2) is 4.98 Å². The van der Waals surface area contributed by atoms with Crippen LogP contribution in [0.3, 0.4) is 0 Å². The van der Waals surface area contributed by atoms with Crippen molar-refractivity contribution >= 4 is 17.6 Å². The number of hydrogen-bond acceptors (Lipinski definition) is 4. The summed E-state index contributed by atoms with van der Waals surface area (Å²) in [6, 6.07) is 5.80. The van der Waals surface area contributed by atoms with Gasteiger partial charge >= 0.3 is 0 Å². The summed E-state index contributed by atoms with van der Waals surface area (Å²) in [4.78, 5) is 4.24. The average Bonchev–Trinajstić information content (AvgIpc) is 2.73. The fraction of sp³-hybridized carbons (Fsp3) is 0.250. The second kappa shape index (κ2) is 5.22. The second-order valence-electron chi connectivity index (χ2n) is 4.05. The van der Waals surface area contributed by atoms with E-state index in [1.807, 2.05) is 32.0 Å². The molecule has 2 rings (SSSR count). The fourth-order valence-electron chi connectivity index (χ4n) is 1.55. The maximum atomic E-state index is 7.39. The molecule has 18 heavy (non-hydrogen) atoms. The molecule has 0 unspecified atom stereocenters. The summed E-state index contributed by atoms with van der Waals surface area (Å²) in [5.74, 6) is 1.73. The van der Waals surface area contributed by atoms with Gasteiger partial charge in [0.05, 0.1) is 0 Å². The number of nitrogens with two attached hydrogens (primary N) is 1. The van der Waals surface area contributed by atoms with E-state index < -0.39 is 0 Å². The van der Waals surface area contributed by atoms with E-state index in [4.69, 9.17) is 11.1 Å². The predicted molar refractivity (Wildman–Crippen MR) is 72.9 cm³/mol. The van der Waals surface area contributed by atoms with Gasteiger partial charge in [0.25, 0.3) is 0 Å². The molecule has 0 aliphatic heterocycles. The van der Waals surface area contributed by atoms with Crippen molar-refractivity contribution in [2.75, 3.05) is 0 Å². The summed E-state index contributed by atoms with van der Waals surface area (Å²) in [5.41, 5.74) is 8.54. The van der Waals surface area contributed by atoms with Crippen LogP contribution < -0.4 is 5.73 Å². The number of benzene rings is 1. The molecule has 6 heteroatoms. The third-order valence-corrected chi connectivity index (χ3v) is 3.48. The van der Waals surface area contributed by atoms with Crippen LogP contribution in [-0.4, -0.2) is 21.0 Å². The molecule has 0 radical (unpaired) electrons. The number of aromatic nitrogens is 3. The molecule has 0 amide bonds. The Morgan fingerprint density at radius 2 is 2.22 bits per heavy atom. The first-order chi connectivity index (χ1) is 8.56. The topological polar surface area (TPSA) is 91.4 Å². The van der Waals surface area contributed by atoms with Gasteiger partial charge in [0.2, 0.25) is 5.16 Å². The van der Waals surface area contributed by atoms with Crippen molar-refractivity contribution in [1.82, 2.24) is 15.2 Å². The highest BCUT2D eigenvalue weighted by molar-refractivity contribution is 7.98. The Balaban J connectivity index is 2.08. The van der Waals surface area contributed by atoms with Crippen LogP contribution in [0.15, 0.2) is 23.4 Å². The number of rotatable bonds is 4. The van der Waals surface area contributed by atoms with Crippen molar-refractivity contribution in [3.63, 3.8) is 0 Å². The Labute approximate surface area is 110 Å². The molecule has 0 aliphatic carbocycles. The van der Waals surface area contributed by atoms with E-state index in [-0.39, 0.29) is 5.84 Å². The molecule has 2 aromatic rings. The van der Waals surface area contributed by atoms with E-state index in [2.05, 4.69) is 15.2 Å². The lowest BCUT2D eigenvalue weighted by Gasteiger charge is -2.06. The maximum Gasteiger partial charge on any atom is 0.208 e. The number of hydrogen-bond donors (Lipinski definition) is 3. The first-order valence-corrected chi connectivity index (χ1v) is 6.50. The van der Waals surface area contributed by atoms with Crippen LogP contribution in [0.2, 0.25) is 0 Å². The summed E-state index contributed by atoms with van der Waals surface area (Å²) in [6.45, 7) is 3.90. The van der Waals surface area contributed by atoms with Crippen molar-refractivity contribution in [2.24, 2.45) is 5.73 Å². The van der Waals surface area contributed by atoms with E-state index in [0.717, 1.165) is 27.9 Å². The zero-order chi connectivity index (χ0) is 13.1. The minimum Gasteiger partial charge on any atom is -0.384 e. The molecule has 1 aromatic heterocycles. The van der Waals surface area contributed by atoms with Crippen molar-refractivity contribution < 1.29 is 0 Å². The third kappa shape index (κ3) is 2.89. The van der Waals surface area contributed by atoms with Crippen LogP contribution in [0, 0.1) is 19.3 Å². The highest BCUT2D eigenvalue weighted by Gasteiger charge is 2.05. The monoisotopic (exact) mass is 261 g/mol. The van der Waals surface area contributed by atoms with Crippen LogP contribution >= 0.6 is 11.8 Å². The van der Waals surface area contributed by atoms with Crippen molar-refractivity contribution in [1.29, 1.82) is 5.41 Å². The molecule has 4 N–H and O–H groups in total. The molecule has 1 heterocycles. The molecule has 0 atom stereocenters. The summed E-state index contributed by atoms with van der Waals surface area (Å²) in [7, 11) is 0. The zero-order valence-electron chi connectivity index (χ0n) is 10.3. The number of thioether (sulfide) groups is 1. The van der Waals surface area contributed by atoms with Gasteiger partial charge in [-0.15, -0.1) is 5.10 Å². The Morgan fingerprint density at radius 3 is 2.78 bits per heavy atom. The molecule has 94 valence electrons. The van der Waals surface area contributed by atoms with E-state index in [9.17, 15) is 0 Å². The van der Waals surface area contributed by atoms with E-state index >= 15 is 0 Å². The van der Waals surface area contributed by atoms with Crippen molar-refractivity contribution in [3.05, 3.63) is 40.7 Å². The minimum absolute atomic E-state index is 0.0990. The molecule has 1 aromatic carbocycles. The van der Waals surface area contributed by atoms with Crippen LogP contribution in [0.1, 0.15) is 22.5 Å². The van der Waals surface area contributed by atoms with Crippen molar-refractivity contribution in [2.45, 2.75) is 24.8 Å². The Bertz CT molecular complexity index is 576. The number of nitrogen functional groups attached to an aromatic ring is 1. The summed E-state index contributed by atoms with van der Waals surface area (Å²) in [6.07, 6.45) is 0. The molecular formula is C12H15N5S. The third-order valence-electron chi connectivity index (χ3n) is 2.59. The molecule has 5 nitrogen and oxygen atoms in total. The quantitative estimate of drug-likeness (QED) is 0.446. The predicted octanol–water partition coefficient (Wildman–Crippen LogP) is 2.00. The Morgan fingerprint density at radius 1 is 1.44 bits per heavy atom. The molecule has 0 spiro atoms. The molecule has 0 bridgehead atoms. The van der Waals surface area contributed by atoms with Crippen molar-refractivity contribution in [3.8, 4) is 0 Å². The highest BCUT2D eigenvalue weighted by Crippen LogP contribution is 2.21. The number of aromatic amines is 1. The van der Waals surface area contributed by atoms with Crippen LogP contribution in [0.4, 0.5) is 0 Å². The average molecular weight is 261 g/mol. The van der Waals surface area contributed by atoms with Crippen LogP contribution in [0.25, 0.3) is 0 Å². The van der Waals surface area contributed by atoms with Gasteiger partial charge in [-0.3, -0.25) is 10.5 Å². The first-order valence-electron chi connectivity index (χ1n) is 5.52. The summed E-state index contributed by atoms with van der Waals surface area (Å²) >= 11 is 1.58. The largest absolute Gasteiger partial charge is 0.384 e. The van der Waals surface area contributed by atoms with Gasteiger partial charge in [-0.2, -0.15) is 0 Å². The van der Waals surface area contributed by atoms with E-state index in [1.165, 1.54) is 5.56 Å². The number of nitrogens with zero attached hydrogens (tertiary/aromatic N) is 2. The van der Waals surface area contributed by atoms with Crippen LogP contribution in [0.5, 0.6) is 0 Å². The minimum atomic E-state index is 0.0990. The van der Waals surface area contributed by atoms with Gasteiger partial charge in [0.15, 0.2) is 0 Å². The standard InChI is InChI=1S/C12H15N5S/c1-7-5-9(11(13)14)3-4-10(7)6-18-12-15-8(2)16-17-12/h3-5H,6H2,1-2H3,(H3,13,14)(H,15,16,17). The van der Waals surface area contributed by atoms with Gasteiger partial charge in [0.1, 0.15) is 11.7 Å². The number of aryl methyl sites for hydroxylation is 2. The zero-order valence-corrected chi connectivity index (χ0v) is 11.1. The van der Waals surface area contributed by atoms with Gasteiger partial charge in [-0.1, -0.05) is 23.9 Å². The number of amidine groups is 1. The van der Waals surface area contributed by atoms with Crippen LogP contribution in [-0.2, 0) is 5.75 Å². The second-order valence-corrected chi connectivity index (χ2v) is 4.99.